The fourth-order valence-corrected chi connectivity index (χ4v) is 3.86. The number of nitrogens with zero attached hydrogens (tertiary/aromatic N) is 5. The van der Waals surface area contributed by atoms with Gasteiger partial charge in [-0.15, -0.1) is 5.10 Å². The summed E-state index contributed by atoms with van der Waals surface area (Å²) >= 11 is 0. The van der Waals surface area contributed by atoms with Gasteiger partial charge in [-0.25, -0.2) is 13.6 Å². The predicted molar refractivity (Wildman–Crippen MR) is 111 cm³/mol. The van der Waals surface area contributed by atoms with Crippen LogP contribution in [0.15, 0.2) is 71.7 Å². The van der Waals surface area contributed by atoms with Crippen LogP contribution in [0.3, 0.4) is 0 Å². The minimum Gasteiger partial charge on any atom is -0.340 e. The number of benzene rings is 2. The van der Waals surface area contributed by atoms with Crippen molar-refractivity contribution in [3.05, 3.63) is 88.7 Å². The van der Waals surface area contributed by atoms with Crippen LogP contribution in [0.5, 0.6) is 0 Å². The van der Waals surface area contributed by atoms with Crippen molar-refractivity contribution < 1.29 is 4.39 Å². The highest BCUT2D eigenvalue weighted by atomic mass is 19.1. The molecule has 0 amide bonds. The first-order valence-corrected chi connectivity index (χ1v) is 9.51. The first-order chi connectivity index (χ1) is 14.1. The first-order valence-electron chi connectivity index (χ1n) is 9.51. The van der Waals surface area contributed by atoms with Gasteiger partial charge < -0.3 is 9.80 Å². The van der Waals surface area contributed by atoms with E-state index >= 15 is 0 Å². The maximum atomic E-state index is 13.8. The number of rotatable bonds is 2. The maximum Gasteiger partial charge on any atom is 0.355 e. The van der Waals surface area contributed by atoms with Gasteiger partial charge in [-0.3, -0.25) is 0 Å². The molecule has 0 atom stereocenters. The fourth-order valence-electron chi connectivity index (χ4n) is 3.86. The molecule has 1 aliphatic heterocycles. The van der Waals surface area contributed by atoms with Gasteiger partial charge in [0.25, 0.3) is 0 Å². The van der Waals surface area contributed by atoms with E-state index < -0.39 is 0 Å². The molecule has 7 heteroatoms. The summed E-state index contributed by atoms with van der Waals surface area (Å²) in [5.41, 5.74) is 4.01. The Kier molecular flexibility index (Phi) is 4.17. The number of halogens is 1. The van der Waals surface area contributed by atoms with Crippen LogP contribution in [-0.4, -0.2) is 39.2 Å². The average molecular weight is 389 g/mol. The molecule has 0 fully saturated rings. The summed E-state index contributed by atoms with van der Waals surface area (Å²) in [7, 11) is 2.06. The van der Waals surface area contributed by atoms with Crippen LogP contribution in [0.25, 0.3) is 11.3 Å². The molecule has 5 rings (SSSR count). The third kappa shape index (κ3) is 3.09. The first kappa shape index (κ1) is 17.6. The highest BCUT2D eigenvalue weighted by Crippen LogP contribution is 2.32. The summed E-state index contributed by atoms with van der Waals surface area (Å²) in [6.07, 6.45) is 1.71. The molecule has 6 nitrogen and oxygen atoms in total. The lowest BCUT2D eigenvalue weighted by atomic mass is 10.1. The van der Waals surface area contributed by atoms with Crippen LogP contribution in [0.4, 0.5) is 15.8 Å². The van der Waals surface area contributed by atoms with E-state index in [1.54, 1.807) is 24.4 Å². The summed E-state index contributed by atoms with van der Waals surface area (Å²) < 4.78 is 16.8. The summed E-state index contributed by atoms with van der Waals surface area (Å²) in [6, 6.07) is 18.0. The van der Waals surface area contributed by atoms with Gasteiger partial charge in [0.05, 0.1) is 5.69 Å². The standard InChI is InChI=1S/C22H20FN5O/c1-25-11-12-26(18-6-4-5-17(23)14-18)20-9-8-19(13-16(20)15-25)28-22(29)27-10-3-2-7-21(27)24-28/h2-10,13-14H,11-12,15H2,1H3. The summed E-state index contributed by atoms with van der Waals surface area (Å²) in [5, 5.41) is 4.45. The molecule has 0 bridgehead atoms. The van der Waals surface area contributed by atoms with Gasteiger partial charge in [0.1, 0.15) is 5.82 Å². The molecule has 29 heavy (non-hydrogen) atoms. The number of hydrogen-bond donors (Lipinski definition) is 0. The number of hydrogen-bond acceptors (Lipinski definition) is 4. The zero-order valence-corrected chi connectivity index (χ0v) is 16.0. The lowest BCUT2D eigenvalue weighted by Gasteiger charge is -2.25. The van der Waals surface area contributed by atoms with Crippen molar-refractivity contribution in [2.24, 2.45) is 0 Å². The van der Waals surface area contributed by atoms with Gasteiger partial charge in [-0.2, -0.15) is 4.68 Å². The number of aromatic nitrogens is 3. The van der Waals surface area contributed by atoms with Crippen molar-refractivity contribution in [1.82, 2.24) is 19.1 Å². The molecular formula is C22H20FN5O. The Morgan fingerprint density at radius 3 is 2.69 bits per heavy atom. The second-order valence-corrected chi connectivity index (χ2v) is 7.31. The minimum atomic E-state index is -0.255. The largest absolute Gasteiger partial charge is 0.355 e. The molecule has 2 aromatic carbocycles. The van der Waals surface area contributed by atoms with Crippen LogP contribution in [0.1, 0.15) is 5.56 Å². The average Bonchev–Trinajstić information content (AvgIpc) is 2.96. The molecule has 0 saturated heterocycles. The fraction of sp³-hybridized carbons (Fsp3) is 0.182. The number of fused-ring (bicyclic) bond motifs is 2. The van der Waals surface area contributed by atoms with Crippen molar-refractivity contribution in [2.75, 3.05) is 25.0 Å². The highest BCUT2D eigenvalue weighted by molar-refractivity contribution is 5.68. The molecule has 2 aromatic heterocycles. The van der Waals surface area contributed by atoms with E-state index in [1.807, 2.05) is 36.4 Å². The highest BCUT2D eigenvalue weighted by Gasteiger charge is 2.21. The van der Waals surface area contributed by atoms with Gasteiger partial charge in [-0.05, 0) is 61.1 Å². The van der Waals surface area contributed by atoms with Crippen molar-refractivity contribution in [3.63, 3.8) is 0 Å². The van der Waals surface area contributed by atoms with Gasteiger partial charge in [0.2, 0.25) is 0 Å². The second-order valence-electron chi connectivity index (χ2n) is 7.31. The Labute approximate surface area is 167 Å². The van der Waals surface area contributed by atoms with Gasteiger partial charge in [0, 0.05) is 37.2 Å². The van der Waals surface area contributed by atoms with Crippen molar-refractivity contribution in [3.8, 4) is 5.69 Å². The third-order valence-electron chi connectivity index (χ3n) is 5.29. The molecule has 0 saturated carbocycles. The van der Waals surface area contributed by atoms with Crippen LogP contribution in [-0.2, 0) is 6.54 Å². The SMILES string of the molecule is CN1CCN(c2cccc(F)c2)c2ccc(-n3nc4ccccn4c3=O)cc2C1. The summed E-state index contributed by atoms with van der Waals surface area (Å²) in [5.74, 6) is -0.255. The lowest BCUT2D eigenvalue weighted by molar-refractivity contribution is 0.343. The number of pyridine rings is 1. The Balaban J connectivity index is 1.63. The third-order valence-corrected chi connectivity index (χ3v) is 5.29. The van der Waals surface area contributed by atoms with Crippen LogP contribution < -0.4 is 10.6 Å². The van der Waals surface area contributed by atoms with Crippen molar-refractivity contribution >= 4 is 17.0 Å². The van der Waals surface area contributed by atoms with E-state index in [2.05, 4.69) is 21.9 Å². The number of likely N-dealkylation sites (N-methyl/N-ethyl adjacent to an activating group) is 1. The molecule has 3 heterocycles. The molecule has 0 spiro atoms. The Hall–Kier alpha value is -3.45. The minimum absolute atomic E-state index is 0.204. The molecular weight excluding hydrogens is 369 g/mol. The Morgan fingerprint density at radius 2 is 1.86 bits per heavy atom. The second kappa shape index (κ2) is 6.86. The molecule has 0 aliphatic carbocycles. The molecule has 0 unspecified atom stereocenters. The Morgan fingerprint density at radius 1 is 0.966 bits per heavy atom. The van der Waals surface area contributed by atoms with Crippen LogP contribution in [0.2, 0.25) is 0 Å². The predicted octanol–water partition coefficient (Wildman–Crippen LogP) is 3.21. The van der Waals surface area contributed by atoms with E-state index in [0.717, 1.165) is 36.6 Å². The molecule has 0 radical (unpaired) electrons. The maximum absolute atomic E-state index is 13.8. The van der Waals surface area contributed by atoms with E-state index in [4.69, 9.17) is 0 Å². The molecule has 146 valence electrons. The quantitative estimate of drug-likeness (QED) is 0.528. The zero-order chi connectivity index (χ0) is 20.0. The van der Waals surface area contributed by atoms with Gasteiger partial charge in [0.15, 0.2) is 5.65 Å². The van der Waals surface area contributed by atoms with E-state index in [9.17, 15) is 9.18 Å². The van der Waals surface area contributed by atoms with Crippen molar-refractivity contribution in [1.29, 1.82) is 0 Å². The van der Waals surface area contributed by atoms with E-state index in [0.29, 0.717) is 11.3 Å². The summed E-state index contributed by atoms with van der Waals surface area (Å²) in [4.78, 5) is 17.1. The molecule has 1 aliphatic rings. The van der Waals surface area contributed by atoms with E-state index in [1.165, 1.54) is 15.1 Å². The topological polar surface area (TPSA) is 45.8 Å². The van der Waals surface area contributed by atoms with E-state index in [-0.39, 0.29) is 11.5 Å². The Bertz CT molecular complexity index is 1260. The molecule has 4 aromatic rings. The van der Waals surface area contributed by atoms with Crippen molar-refractivity contribution in [2.45, 2.75) is 6.54 Å². The number of anilines is 2. The smallest absolute Gasteiger partial charge is 0.340 e. The lowest BCUT2D eigenvalue weighted by Crippen LogP contribution is -2.26. The normalized spacial score (nSPS) is 14.8. The van der Waals surface area contributed by atoms with Crippen LogP contribution in [0, 0.1) is 5.82 Å². The van der Waals surface area contributed by atoms with Gasteiger partial charge >= 0.3 is 5.69 Å². The zero-order valence-electron chi connectivity index (χ0n) is 16.0. The summed E-state index contributed by atoms with van der Waals surface area (Å²) in [6.45, 7) is 2.33. The van der Waals surface area contributed by atoms with Gasteiger partial charge in [-0.1, -0.05) is 12.1 Å². The monoisotopic (exact) mass is 389 g/mol. The van der Waals surface area contributed by atoms with Crippen LogP contribution >= 0.6 is 0 Å². The molecule has 0 N–H and O–H groups in total.